The molecule has 0 aliphatic carbocycles. The summed E-state index contributed by atoms with van der Waals surface area (Å²) >= 11 is 0. The van der Waals surface area contributed by atoms with Crippen molar-refractivity contribution in [3.63, 3.8) is 0 Å². The van der Waals surface area contributed by atoms with Gasteiger partial charge in [0.05, 0.1) is 7.11 Å². The van der Waals surface area contributed by atoms with Gasteiger partial charge in [0.15, 0.2) is 0 Å². The number of benzene rings is 1. The Morgan fingerprint density at radius 2 is 1.95 bits per heavy atom. The maximum absolute atomic E-state index is 11.6. The predicted octanol–water partition coefficient (Wildman–Crippen LogP) is 2.83. The van der Waals surface area contributed by atoms with Crippen molar-refractivity contribution < 1.29 is 14.6 Å². The summed E-state index contributed by atoms with van der Waals surface area (Å²) in [6.07, 6.45) is 4.61. The first kappa shape index (κ1) is 14.1. The summed E-state index contributed by atoms with van der Waals surface area (Å²) in [5.41, 5.74) is 2.75. The Morgan fingerprint density at radius 1 is 1.18 bits per heavy atom. The van der Waals surface area contributed by atoms with Gasteiger partial charge in [0.1, 0.15) is 17.1 Å². The Hall–Kier alpha value is -2.82. The van der Waals surface area contributed by atoms with Gasteiger partial charge in [0.25, 0.3) is 0 Å². The van der Waals surface area contributed by atoms with E-state index < -0.39 is 5.97 Å². The van der Waals surface area contributed by atoms with Gasteiger partial charge in [-0.1, -0.05) is 24.3 Å². The maximum Gasteiger partial charge on any atom is 0.353 e. The Bertz CT molecular complexity index is 824. The molecule has 112 valence electrons. The van der Waals surface area contributed by atoms with E-state index in [-0.39, 0.29) is 5.69 Å². The first-order chi connectivity index (χ1) is 10.7. The van der Waals surface area contributed by atoms with Crippen LogP contribution in [0, 0.1) is 0 Å². The Kier molecular flexibility index (Phi) is 3.78. The first-order valence-corrected chi connectivity index (χ1v) is 7.01. The molecule has 22 heavy (non-hydrogen) atoms. The van der Waals surface area contributed by atoms with E-state index in [2.05, 4.69) is 4.98 Å². The van der Waals surface area contributed by atoms with Crippen LogP contribution in [0.4, 0.5) is 0 Å². The Morgan fingerprint density at radius 3 is 2.73 bits per heavy atom. The van der Waals surface area contributed by atoms with E-state index in [1.54, 1.807) is 23.9 Å². The largest absolute Gasteiger partial charge is 0.496 e. The van der Waals surface area contributed by atoms with Gasteiger partial charge in [-0.05, 0) is 36.1 Å². The zero-order valence-corrected chi connectivity index (χ0v) is 12.2. The van der Waals surface area contributed by atoms with Gasteiger partial charge >= 0.3 is 5.97 Å². The molecule has 0 atom stereocenters. The highest BCUT2D eigenvalue weighted by Crippen LogP contribution is 2.21. The number of carboxylic acid groups (broad SMARTS) is 1. The fourth-order valence-electron chi connectivity index (χ4n) is 2.66. The van der Waals surface area contributed by atoms with Crippen molar-refractivity contribution in [2.75, 3.05) is 7.11 Å². The highest BCUT2D eigenvalue weighted by atomic mass is 16.5. The number of carbonyl (C=O) groups is 1. The maximum atomic E-state index is 11.6. The molecule has 2 aromatic heterocycles. The summed E-state index contributed by atoms with van der Waals surface area (Å²) in [7, 11) is 1.64. The number of rotatable bonds is 5. The molecule has 1 N–H and O–H groups in total. The molecule has 3 rings (SSSR count). The number of carboxylic acids is 1. The van der Waals surface area contributed by atoms with E-state index in [0.29, 0.717) is 18.5 Å². The predicted molar refractivity (Wildman–Crippen MR) is 82.6 cm³/mol. The van der Waals surface area contributed by atoms with Crippen molar-refractivity contribution in [3.8, 4) is 5.75 Å². The summed E-state index contributed by atoms with van der Waals surface area (Å²) in [5.74, 6) is -0.123. The van der Waals surface area contributed by atoms with E-state index >= 15 is 0 Å². The first-order valence-electron chi connectivity index (χ1n) is 7.01. The molecule has 0 saturated heterocycles. The third-order valence-electron chi connectivity index (χ3n) is 3.71. The monoisotopic (exact) mass is 296 g/mol. The fourth-order valence-corrected chi connectivity index (χ4v) is 2.66. The van der Waals surface area contributed by atoms with Crippen molar-refractivity contribution in [3.05, 3.63) is 65.6 Å². The topological polar surface area (TPSA) is 63.8 Å². The summed E-state index contributed by atoms with van der Waals surface area (Å²) in [4.78, 5) is 15.7. The highest BCUT2D eigenvalue weighted by Gasteiger charge is 2.15. The van der Waals surface area contributed by atoms with Gasteiger partial charge < -0.3 is 9.84 Å². The number of pyridine rings is 1. The number of hydrogen-bond acceptors (Lipinski definition) is 3. The minimum Gasteiger partial charge on any atom is -0.496 e. The van der Waals surface area contributed by atoms with E-state index in [1.807, 2.05) is 36.4 Å². The molecule has 0 radical (unpaired) electrons. The lowest BCUT2D eigenvalue weighted by atomic mass is 10.0. The van der Waals surface area contributed by atoms with Crippen LogP contribution in [0.5, 0.6) is 5.75 Å². The van der Waals surface area contributed by atoms with Crippen molar-refractivity contribution in [2.24, 2.45) is 0 Å². The average Bonchev–Trinajstić information content (AvgIpc) is 3.00. The van der Waals surface area contributed by atoms with E-state index in [0.717, 1.165) is 16.9 Å². The van der Waals surface area contributed by atoms with Crippen molar-refractivity contribution in [1.82, 2.24) is 9.38 Å². The summed E-state index contributed by atoms with van der Waals surface area (Å²) < 4.78 is 6.95. The van der Waals surface area contributed by atoms with Crippen molar-refractivity contribution >= 4 is 11.6 Å². The summed E-state index contributed by atoms with van der Waals surface area (Å²) in [6, 6.07) is 11.4. The lowest BCUT2D eigenvalue weighted by molar-refractivity contribution is 0.0687. The van der Waals surface area contributed by atoms with Crippen LogP contribution in [-0.2, 0) is 12.8 Å². The molecule has 0 bridgehead atoms. The van der Waals surface area contributed by atoms with Crippen LogP contribution in [0.25, 0.3) is 5.65 Å². The molecule has 1 aromatic carbocycles. The molecule has 0 saturated carbocycles. The SMILES string of the molecule is COc1ccccc1CCc1ccc2nccn2c1C(=O)O. The van der Waals surface area contributed by atoms with E-state index in [9.17, 15) is 9.90 Å². The van der Waals surface area contributed by atoms with E-state index in [4.69, 9.17) is 4.74 Å². The fraction of sp³-hybridized carbons (Fsp3) is 0.176. The number of aromatic nitrogens is 2. The Labute approximate surface area is 127 Å². The second-order valence-corrected chi connectivity index (χ2v) is 4.98. The number of aryl methyl sites for hydroxylation is 2. The zero-order chi connectivity index (χ0) is 15.5. The van der Waals surface area contributed by atoms with Crippen LogP contribution in [0.1, 0.15) is 21.6 Å². The second kappa shape index (κ2) is 5.89. The number of ether oxygens (including phenoxy) is 1. The molecule has 0 unspecified atom stereocenters. The second-order valence-electron chi connectivity index (χ2n) is 4.98. The average molecular weight is 296 g/mol. The molecule has 5 nitrogen and oxygen atoms in total. The molecular weight excluding hydrogens is 280 g/mol. The van der Waals surface area contributed by atoms with E-state index in [1.165, 1.54) is 0 Å². The third kappa shape index (κ3) is 2.53. The molecule has 0 aliphatic heterocycles. The molecular formula is C17H16N2O3. The standard InChI is InChI=1S/C17H16N2O3/c1-22-14-5-3-2-4-12(14)6-7-13-8-9-15-18-10-11-19(15)16(13)17(20)21/h2-5,8-11H,6-7H2,1H3,(H,20,21). The molecule has 0 fully saturated rings. The number of methoxy groups -OCH3 is 1. The van der Waals surface area contributed by atoms with Crippen LogP contribution >= 0.6 is 0 Å². The van der Waals surface area contributed by atoms with Gasteiger partial charge in [-0.2, -0.15) is 0 Å². The van der Waals surface area contributed by atoms with Gasteiger partial charge in [-0.15, -0.1) is 0 Å². The molecule has 0 aliphatic rings. The highest BCUT2D eigenvalue weighted by molar-refractivity contribution is 5.88. The molecule has 0 amide bonds. The van der Waals surface area contributed by atoms with Gasteiger partial charge in [0, 0.05) is 12.4 Å². The third-order valence-corrected chi connectivity index (χ3v) is 3.71. The smallest absolute Gasteiger partial charge is 0.353 e. The van der Waals surface area contributed by atoms with Crippen LogP contribution in [-0.4, -0.2) is 27.6 Å². The number of nitrogens with zero attached hydrogens (tertiary/aromatic N) is 2. The van der Waals surface area contributed by atoms with Crippen LogP contribution in [0.3, 0.4) is 0 Å². The van der Waals surface area contributed by atoms with Crippen molar-refractivity contribution in [1.29, 1.82) is 0 Å². The molecule has 5 heteroatoms. The number of imidazole rings is 1. The van der Waals surface area contributed by atoms with Crippen LogP contribution in [0.15, 0.2) is 48.8 Å². The number of fused-ring (bicyclic) bond motifs is 1. The number of para-hydroxylation sites is 1. The Balaban J connectivity index is 1.94. The summed E-state index contributed by atoms with van der Waals surface area (Å²) in [6.45, 7) is 0. The summed E-state index contributed by atoms with van der Waals surface area (Å²) in [5, 5.41) is 9.51. The number of aromatic carboxylic acids is 1. The van der Waals surface area contributed by atoms with Gasteiger partial charge in [-0.3, -0.25) is 4.40 Å². The number of hydrogen-bond donors (Lipinski definition) is 1. The van der Waals surface area contributed by atoms with Crippen LogP contribution in [0.2, 0.25) is 0 Å². The molecule has 3 aromatic rings. The van der Waals surface area contributed by atoms with Crippen LogP contribution < -0.4 is 4.74 Å². The lowest BCUT2D eigenvalue weighted by Crippen LogP contribution is -2.10. The lowest BCUT2D eigenvalue weighted by Gasteiger charge is -2.11. The normalized spacial score (nSPS) is 10.8. The zero-order valence-electron chi connectivity index (χ0n) is 12.2. The minimum atomic E-state index is -0.946. The molecule has 2 heterocycles. The van der Waals surface area contributed by atoms with Gasteiger partial charge in [0.2, 0.25) is 0 Å². The quantitative estimate of drug-likeness (QED) is 0.786. The van der Waals surface area contributed by atoms with Gasteiger partial charge in [-0.25, -0.2) is 9.78 Å². The van der Waals surface area contributed by atoms with Crippen molar-refractivity contribution in [2.45, 2.75) is 12.8 Å². The minimum absolute atomic E-state index is 0.268. The molecule has 0 spiro atoms.